The van der Waals surface area contributed by atoms with Crippen LogP contribution in [0, 0.1) is 0 Å². The van der Waals surface area contributed by atoms with E-state index in [0.29, 0.717) is 0 Å². The lowest BCUT2D eigenvalue weighted by molar-refractivity contribution is 1.11. The highest BCUT2D eigenvalue weighted by Gasteiger charge is 1.99. The molecule has 0 aliphatic heterocycles. The zero-order valence-electron chi connectivity index (χ0n) is 7.54. The molecule has 12 heavy (non-hydrogen) atoms. The van der Waals surface area contributed by atoms with Gasteiger partial charge in [0.15, 0.2) is 0 Å². The summed E-state index contributed by atoms with van der Waals surface area (Å²) in [6.07, 6.45) is 5.23. The molecule has 0 aromatic heterocycles. The monoisotopic (exact) mass is 178 g/mol. The molecule has 1 heteroatoms. The highest BCUT2D eigenvalue weighted by atomic mass is 32.1. The van der Waals surface area contributed by atoms with Crippen molar-refractivity contribution in [2.24, 2.45) is 0 Å². The normalized spacial score (nSPS) is 10.9. The van der Waals surface area contributed by atoms with Crippen LogP contribution >= 0.6 is 12.6 Å². The third-order valence-corrected chi connectivity index (χ3v) is 2.28. The molecule has 0 unspecified atom stereocenters. The molecule has 64 valence electrons. The van der Waals surface area contributed by atoms with Gasteiger partial charge in [-0.3, -0.25) is 0 Å². The third-order valence-electron chi connectivity index (χ3n) is 1.89. The molecule has 0 saturated carbocycles. The molecule has 0 radical (unpaired) electrons. The molecular weight excluding hydrogens is 164 g/mol. The fourth-order valence-corrected chi connectivity index (χ4v) is 1.57. The summed E-state index contributed by atoms with van der Waals surface area (Å²) in [5.74, 6) is 0. The minimum absolute atomic E-state index is 1.06. The van der Waals surface area contributed by atoms with Crippen LogP contribution < -0.4 is 0 Å². The Kier molecular flexibility index (Phi) is 3.42. The first kappa shape index (κ1) is 9.40. The van der Waals surface area contributed by atoms with Crippen LogP contribution in [0.1, 0.15) is 25.0 Å². The van der Waals surface area contributed by atoms with E-state index in [-0.39, 0.29) is 0 Å². The molecule has 1 rings (SSSR count). The molecule has 0 N–H and O–H groups in total. The van der Waals surface area contributed by atoms with Crippen molar-refractivity contribution in [2.45, 2.75) is 25.2 Å². The molecule has 1 aromatic rings. The average molecular weight is 178 g/mol. The summed E-state index contributed by atoms with van der Waals surface area (Å²) in [4.78, 5) is 1.06. The maximum atomic E-state index is 4.40. The Morgan fingerprint density at radius 3 is 2.75 bits per heavy atom. The van der Waals surface area contributed by atoms with Gasteiger partial charge in [0.05, 0.1) is 0 Å². The van der Waals surface area contributed by atoms with Crippen molar-refractivity contribution >= 4 is 18.7 Å². The summed E-state index contributed by atoms with van der Waals surface area (Å²) in [5.41, 5.74) is 2.62. The van der Waals surface area contributed by atoms with Crippen molar-refractivity contribution in [3.05, 3.63) is 35.4 Å². The van der Waals surface area contributed by atoms with E-state index < -0.39 is 0 Å². The van der Waals surface area contributed by atoms with Gasteiger partial charge in [-0.25, -0.2) is 0 Å². The van der Waals surface area contributed by atoms with Gasteiger partial charge in [-0.05, 0) is 30.5 Å². The van der Waals surface area contributed by atoms with Crippen molar-refractivity contribution in [3.63, 3.8) is 0 Å². The molecule has 0 bridgehead atoms. The van der Waals surface area contributed by atoms with E-state index >= 15 is 0 Å². The van der Waals surface area contributed by atoms with Gasteiger partial charge < -0.3 is 0 Å². The SMILES string of the molecule is C/C=C\c1c(S)cccc1CC. The van der Waals surface area contributed by atoms with Crippen molar-refractivity contribution in [2.75, 3.05) is 0 Å². The number of aryl methyl sites for hydroxylation is 1. The first-order valence-corrected chi connectivity index (χ1v) is 4.67. The number of rotatable bonds is 2. The highest BCUT2D eigenvalue weighted by molar-refractivity contribution is 7.80. The zero-order valence-corrected chi connectivity index (χ0v) is 8.44. The summed E-state index contributed by atoms with van der Waals surface area (Å²) >= 11 is 4.40. The summed E-state index contributed by atoms with van der Waals surface area (Å²) < 4.78 is 0. The average Bonchev–Trinajstić information content (AvgIpc) is 2.09. The lowest BCUT2D eigenvalue weighted by Crippen LogP contribution is -1.86. The van der Waals surface area contributed by atoms with E-state index in [4.69, 9.17) is 0 Å². The summed E-state index contributed by atoms with van der Waals surface area (Å²) in [5, 5.41) is 0. The second-order valence-electron chi connectivity index (χ2n) is 2.70. The number of benzene rings is 1. The fraction of sp³-hybridized carbons (Fsp3) is 0.273. The fourth-order valence-electron chi connectivity index (χ4n) is 1.27. The first-order chi connectivity index (χ1) is 5.79. The van der Waals surface area contributed by atoms with Crippen LogP contribution in [0.2, 0.25) is 0 Å². The highest BCUT2D eigenvalue weighted by Crippen LogP contribution is 2.20. The van der Waals surface area contributed by atoms with Gasteiger partial charge in [0.1, 0.15) is 0 Å². The van der Waals surface area contributed by atoms with E-state index in [9.17, 15) is 0 Å². The van der Waals surface area contributed by atoms with E-state index in [2.05, 4.69) is 31.7 Å². The lowest BCUT2D eigenvalue weighted by Gasteiger charge is -2.05. The van der Waals surface area contributed by atoms with Gasteiger partial charge in [0.25, 0.3) is 0 Å². The maximum Gasteiger partial charge on any atom is 0.0115 e. The topological polar surface area (TPSA) is 0 Å². The minimum atomic E-state index is 1.06. The molecular formula is C11H14S. The maximum absolute atomic E-state index is 4.40. The Hall–Kier alpha value is -0.690. The van der Waals surface area contributed by atoms with Crippen LogP contribution in [0.25, 0.3) is 6.08 Å². The Balaban J connectivity index is 3.19. The van der Waals surface area contributed by atoms with E-state index in [1.807, 2.05) is 25.1 Å². The Labute approximate surface area is 79.7 Å². The predicted molar refractivity (Wildman–Crippen MR) is 57.8 cm³/mol. The molecule has 0 spiro atoms. The van der Waals surface area contributed by atoms with Crippen molar-refractivity contribution in [1.82, 2.24) is 0 Å². The van der Waals surface area contributed by atoms with Gasteiger partial charge in [-0.2, -0.15) is 0 Å². The lowest BCUT2D eigenvalue weighted by atomic mass is 10.1. The van der Waals surface area contributed by atoms with Crippen LogP contribution in [0.4, 0.5) is 0 Å². The van der Waals surface area contributed by atoms with Gasteiger partial charge in [0.2, 0.25) is 0 Å². The molecule has 0 saturated heterocycles. The van der Waals surface area contributed by atoms with Gasteiger partial charge >= 0.3 is 0 Å². The Morgan fingerprint density at radius 1 is 1.42 bits per heavy atom. The van der Waals surface area contributed by atoms with Crippen LogP contribution in [-0.4, -0.2) is 0 Å². The van der Waals surface area contributed by atoms with Crippen molar-refractivity contribution in [3.8, 4) is 0 Å². The van der Waals surface area contributed by atoms with Crippen LogP contribution in [0.3, 0.4) is 0 Å². The number of hydrogen-bond donors (Lipinski definition) is 1. The van der Waals surface area contributed by atoms with E-state index in [1.165, 1.54) is 11.1 Å². The molecule has 0 aliphatic rings. The largest absolute Gasteiger partial charge is 0.143 e. The second-order valence-corrected chi connectivity index (χ2v) is 3.19. The molecule has 1 aromatic carbocycles. The molecule has 0 fully saturated rings. The van der Waals surface area contributed by atoms with Crippen LogP contribution in [0.15, 0.2) is 29.2 Å². The van der Waals surface area contributed by atoms with E-state index in [0.717, 1.165) is 11.3 Å². The number of thiol groups is 1. The van der Waals surface area contributed by atoms with Gasteiger partial charge in [-0.1, -0.05) is 31.2 Å². The summed E-state index contributed by atoms with van der Waals surface area (Å²) in [6, 6.07) is 6.22. The smallest absolute Gasteiger partial charge is 0.0115 e. The first-order valence-electron chi connectivity index (χ1n) is 4.23. The van der Waals surface area contributed by atoms with Gasteiger partial charge in [-0.15, -0.1) is 12.6 Å². The summed E-state index contributed by atoms with van der Waals surface area (Å²) in [6.45, 7) is 4.19. The third kappa shape index (κ3) is 1.92. The quantitative estimate of drug-likeness (QED) is 0.658. The van der Waals surface area contributed by atoms with Crippen LogP contribution in [0.5, 0.6) is 0 Å². The Bertz CT molecular complexity index is 287. The molecule has 0 atom stereocenters. The number of allylic oxidation sites excluding steroid dienone is 1. The Morgan fingerprint density at radius 2 is 2.17 bits per heavy atom. The number of hydrogen-bond acceptors (Lipinski definition) is 1. The van der Waals surface area contributed by atoms with E-state index in [1.54, 1.807) is 0 Å². The molecule has 0 heterocycles. The van der Waals surface area contributed by atoms with Crippen molar-refractivity contribution in [1.29, 1.82) is 0 Å². The molecule has 0 nitrogen and oxygen atoms in total. The van der Waals surface area contributed by atoms with Crippen molar-refractivity contribution < 1.29 is 0 Å². The molecule has 0 aliphatic carbocycles. The van der Waals surface area contributed by atoms with Gasteiger partial charge in [0, 0.05) is 4.90 Å². The predicted octanol–water partition coefficient (Wildman–Crippen LogP) is 3.57. The molecule has 0 amide bonds. The van der Waals surface area contributed by atoms with Crippen LogP contribution in [-0.2, 0) is 6.42 Å². The standard InChI is InChI=1S/C11H14S/c1-3-6-10-9(4-2)7-5-8-11(10)12/h3,5-8,12H,4H2,1-2H3/b6-3-. The summed E-state index contributed by atoms with van der Waals surface area (Å²) in [7, 11) is 0. The second kappa shape index (κ2) is 4.36. The minimum Gasteiger partial charge on any atom is -0.143 e. The zero-order chi connectivity index (χ0) is 8.97.